The van der Waals surface area contributed by atoms with E-state index in [2.05, 4.69) is 0 Å². The zero-order valence-corrected chi connectivity index (χ0v) is 12.6. The summed E-state index contributed by atoms with van der Waals surface area (Å²) in [6.07, 6.45) is -3.93. The molecule has 3 rings (SSSR count). The predicted molar refractivity (Wildman–Crippen MR) is 79.5 cm³/mol. The molecule has 0 N–H and O–H groups in total. The van der Waals surface area contributed by atoms with E-state index in [4.69, 9.17) is 16.3 Å². The Balaban J connectivity index is 1.86. The number of rotatable bonds is 2. The SMILES string of the molecule is Cc1ccc(CC2Cc3c(C(F)(F)F)ccc(Cl)c3O2)cc1. The molecule has 1 aliphatic heterocycles. The first kappa shape index (κ1) is 15.2. The number of alkyl halides is 3. The molecular formula is C17H14ClF3O. The Hall–Kier alpha value is -1.68. The van der Waals surface area contributed by atoms with E-state index in [1.807, 2.05) is 31.2 Å². The quantitative estimate of drug-likeness (QED) is 0.735. The molecule has 0 radical (unpaired) electrons. The molecule has 1 unspecified atom stereocenters. The zero-order valence-electron chi connectivity index (χ0n) is 11.9. The summed E-state index contributed by atoms with van der Waals surface area (Å²) >= 11 is 5.99. The van der Waals surface area contributed by atoms with Crippen molar-refractivity contribution in [2.75, 3.05) is 0 Å². The highest BCUT2D eigenvalue weighted by atomic mass is 35.5. The number of aryl methyl sites for hydroxylation is 1. The van der Waals surface area contributed by atoms with Crippen LogP contribution >= 0.6 is 11.6 Å². The van der Waals surface area contributed by atoms with E-state index in [-0.39, 0.29) is 28.9 Å². The molecule has 1 aliphatic rings. The summed E-state index contributed by atoms with van der Waals surface area (Å²) < 4.78 is 44.9. The predicted octanol–water partition coefficient (Wildman–Crippen LogP) is 5.21. The number of hydrogen-bond acceptors (Lipinski definition) is 1. The second kappa shape index (κ2) is 5.51. The van der Waals surface area contributed by atoms with E-state index < -0.39 is 11.7 Å². The lowest BCUT2D eigenvalue weighted by Crippen LogP contribution is -2.16. The second-order valence-corrected chi connectivity index (χ2v) is 5.94. The molecule has 22 heavy (non-hydrogen) atoms. The van der Waals surface area contributed by atoms with E-state index in [9.17, 15) is 13.2 Å². The molecule has 0 spiro atoms. The maximum absolute atomic E-state index is 13.1. The molecule has 1 nitrogen and oxygen atoms in total. The lowest BCUT2D eigenvalue weighted by Gasteiger charge is -2.11. The molecule has 0 amide bonds. The first-order valence-corrected chi connectivity index (χ1v) is 7.33. The molecule has 0 saturated heterocycles. The first-order chi connectivity index (χ1) is 10.3. The number of benzene rings is 2. The van der Waals surface area contributed by atoms with Gasteiger partial charge in [-0.1, -0.05) is 41.4 Å². The van der Waals surface area contributed by atoms with Gasteiger partial charge in [-0.3, -0.25) is 0 Å². The highest BCUT2D eigenvalue weighted by Crippen LogP contribution is 2.44. The molecule has 1 heterocycles. The highest BCUT2D eigenvalue weighted by Gasteiger charge is 2.39. The molecule has 2 aromatic carbocycles. The van der Waals surface area contributed by atoms with Gasteiger partial charge < -0.3 is 4.74 Å². The van der Waals surface area contributed by atoms with E-state index in [0.29, 0.717) is 6.42 Å². The van der Waals surface area contributed by atoms with Crippen LogP contribution in [0.5, 0.6) is 5.75 Å². The summed E-state index contributed by atoms with van der Waals surface area (Å²) in [4.78, 5) is 0. The van der Waals surface area contributed by atoms with Crippen LogP contribution in [0.25, 0.3) is 0 Å². The Morgan fingerprint density at radius 1 is 1.14 bits per heavy atom. The summed E-state index contributed by atoms with van der Waals surface area (Å²) in [5, 5.41) is 0.231. The Labute approximate surface area is 131 Å². The maximum Gasteiger partial charge on any atom is 0.416 e. The molecule has 0 saturated carbocycles. The van der Waals surface area contributed by atoms with Crippen LogP contribution in [-0.4, -0.2) is 6.10 Å². The zero-order chi connectivity index (χ0) is 15.9. The maximum atomic E-state index is 13.1. The van der Waals surface area contributed by atoms with E-state index in [1.165, 1.54) is 6.07 Å². The average molecular weight is 327 g/mol. The summed E-state index contributed by atoms with van der Waals surface area (Å²) in [6.45, 7) is 1.99. The van der Waals surface area contributed by atoms with Gasteiger partial charge in [0, 0.05) is 18.4 Å². The van der Waals surface area contributed by atoms with E-state index in [0.717, 1.165) is 17.2 Å². The van der Waals surface area contributed by atoms with Crippen molar-refractivity contribution in [2.45, 2.75) is 32.0 Å². The summed E-state index contributed by atoms with van der Waals surface area (Å²) in [7, 11) is 0. The number of fused-ring (bicyclic) bond motifs is 1. The Morgan fingerprint density at radius 2 is 1.82 bits per heavy atom. The fraction of sp³-hybridized carbons (Fsp3) is 0.294. The average Bonchev–Trinajstić information content (AvgIpc) is 2.84. The monoisotopic (exact) mass is 326 g/mol. The van der Waals surface area contributed by atoms with Crippen LogP contribution in [0.3, 0.4) is 0 Å². The molecular weight excluding hydrogens is 313 g/mol. The third-order valence-corrected chi connectivity index (χ3v) is 4.12. The van der Waals surface area contributed by atoms with E-state index in [1.54, 1.807) is 0 Å². The van der Waals surface area contributed by atoms with Gasteiger partial charge in [0.1, 0.15) is 11.9 Å². The summed E-state index contributed by atoms with van der Waals surface area (Å²) in [6, 6.07) is 10.2. The van der Waals surface area contributed by atoms with Crippen molar-refractivity contribution in [1.82, 2.24) is 0 Å². The van der Waals surface area contributed by atoms with Crippen LogP contribution in [0.1, 0.15) is 22.3 Å². The van der Waals surface area contributed by atoms with Gasteiger partial charge in [-0.05, 0) is 24.6 Å². The van der Waals surface area contributed by atoms with Crippen molar-refractivity contribution in [2.24, 2.45) is 0 Å². The van der Waals surface area contributed by atoms with Crippen LogP contribution in [0, 0.1) is 6.92 Å². The fourth-order valence-corrected chi connectivity index (χ4v) is 2.95. The minimum Gasteiger partial charge on any atom is -0.488 e. The largest absolute Gasteiger partial charge is 0.488 e. The van der Waals surface area contributed by atoms with Gasteiger partial charge >= 0.3 is 6.18 Å². The summed E-state index contributed by atoms with van der Waals surface area (Å²) in [5.74, 6) is 0.175. The van der Waals surface area contributed by atoms with Crippen molar-refractivity contribution in [3.8, 4) is 5.75 Å². The molecule has 0 aromatic heterocycles. The van der Waals surface area contributed by atoms with Gasteiger partial charge in [-0.25, -0.2) is 0 Å². The van der Waals surface area contributed by atoms with Crippen LogP contribution in [0.4, 0.5) is 13.2 Å². The lowest BCUT2D eigenvalue weighted by molar-refractivity contribution is -0.138. The van der Waals surface area contributed by atoms with Gasteiger partial charge in [0.05, 0.1) is 10.6 Å². The molecule has 116 valence electrons. The van der Waals surface area contributed by atoms with Crippen LogP contribution in [-0.2, 0) is 19.0 Å². The number of ether oxygens (including phenoxy) is 1. The molecule has 0 aliphatic carbocycles. The molecule has 1 atom stereocenters. The Morgan fingerprint density at radius 3 is 2.45 bits per heavy atom. The lowest BCUT2D eigenvalue weighted by atomic mass is 9.99. The van der Waals surface area contributed by atoms with Gasteiger partial charge in [0.25, 0.3) is 0 Å². The van der Waals surface area contributed by atoms with Gasteiger partial charge in [-0.2, -0.15) is 13.2 Å². The van der Waals surface area contributed by atoms with Crippen LogP contribution in [0.15, 0.2) is 36.4 Å². The summed E-state index contributed by atoms with van der Waals surface area (Å²) in [5.41, 5.74) is 1.69. The number of halogens is 4. The van der Waals surface area contributed by atoms with Crippen LogP contribution in [0.2, 0.25) is 5.02 Å². The van der Waals surface area contributed by atoms with Crippen molar-refractivity contribution in [1.29, 1.82) is 0 Å². The van der Waals surface area contributed by atoms with Crippen molar-refractivity contribution in [3.63, 3.8) is 0 Å². The first-order valence-electron chi connectivity index (χ1n) is 6.95. The Bertz CT molecular complexity index is 692. The van der Waals surface area contributed by atoms with Gasteiger partial charge in [0.15, 0.2) is 0 Å². The van der Waals surface area contributed by atoms with Crippen molar-refractivity contribution >= 4 is 11.6 Å². The number of hydrogen-bond donors (Lipinski definition) is 0. The Kier molecular flexibility index (Phi) is 3.81. The van der Waals surface area contributed by atoms with Crippen molar-refractivity contribution < 1.29 is 17.9 Å². The van der Waals surface area contributed by atoms with Crippen LogP contribution < -0.4 is 4.74 Å². The highest BCUT2D eigenvalue weighted by molar-refractivity contribution is 6.32. The minimum atomic E-state index is -4.39. The van der Waals surface area contributed by atoms with Crippen molar-refractivity contribution in [3.05, 3.63) is 63.7 Å². The normalized spacial score (nSPS) is 17.2. The molecule has 0 bridgehead atoms. The smallest absolute Gasteiger partial charge is 0.416 e. The van der Waals surface area contributed by atoms with E-state index >= 15 is 0 Å². The minimum absolute atomic E-state index is 0.164. The second-order valence-electron chi connectivity index (χ2n) is 5.53. The molecule has 0 fully saturated rings. The standard InChI is InChI=1S/C17H14ClF3O/c1-10-2-4-11(5-3-10)8-12-9-13-14(17(19,20)21)6-7-15(18)16(13)22-12/h2-7,12H,8-9H2,1H3. The topological polar surface area (TPSA) is 9.23 Å². The van der Waals surface area contributed by atoms with Gasteiger partial charge in [-0.15, -0.1) is 0 Å². The third-order valence-electron chi connectivity index (χ3n) is 3.82. The van der Waals surface area contributed by atoms with Gasteiger partial charge in [0.2, 0.25) is 0 Å². The fourth-order valence-electron chi connectivity index (χ4n) is 2.73. The molecule has 2 aromatic rings. The third kappa shape index (κ3) is 2.93. The molecule has 5 heteroatoms.